The molecule has 0 amide bonds. The Morgan fingerprint density at radius 1 is 1.62 bits per heavy atom. The summed E-state index contributed by atoms with van der Waals surface area (Å²) >= 11 is 5.42. The summed E-state index contributed by atoms with van der Waals surface area (Å²) in [5, 5.41) is 2.94. The van der Waals surface area contributed by atoms with E-state index in [4.69, 9.17) is 16.3 Å². The number of hydrogen-bond acceptors (Lipinski definition) is 4. The molecule has 0 aromatic rings. The van der Waals surface area contributed by atoms with Crippen LogP contribution in [0.4, 0.5) is 0 Å². The monoisotopic (exact) mass is 131 g/mol. The van der Waals surface area contributed by atoms with Crippen molar-refractivity contribution in [1.82, 2.24) is 5.32 Å². The average molecular weight is 132 g/mol. The van der Waals surface area contributed by atoms with Crippen molar-refractivity contribution < 1.29 is 4.74 Å². The maximum Gasteiger partial charge on any atom is 0.299 e. The quantitative estimate of drug-likeness (QED) is 0.465. The summed E-state index contributed by atoms with van der Waals surface area (Å²) in [6.45, 7) is 0. The first-order valence-electron chi connectivity index (χ1n) is 2.09. The van der Waals surface area contributed by atoms with Crippen molar-refractivity contribution in [2.75, 3.05) is 0 Å². The normalized spacial score (nSPS) is 30.9. The molecule has 1 atom stereocenters. The average Bonchev–Trinajstić information content (AvgIpc) is 1.62. The van der Waals surface area contributed by atoms with E-state index in [1.807, 2.05) is 0 Å². The molecule has 0 aliphatic carbocycles. The van der Waals surface area contributed by atoms with E-state index in [1.165, 1.54) is 0 Å². The zero-order chi connectivity index (χ0) is 5.56. The van der Waals surface area contributed by atoms with Gasteiger partial charge in [0, 0.05) is 0 Å². The molecule has 5 heteroatoms. The van der Waals surface area contributed by atoms with Gasteiger partial charge in [-0.2, -0.15) is 9.98 Å². The smallest absolute Gasteiger partial charge is 0.299 e. The highest BCUT2D eigenvalue weighted by Gasteiger charge is 2.27. The van der Waals surface area contributed by atoms with Crippen LogP contribution in [0.3, 0.4) is 0 Å². The van der Waals surface area contributed by atoms with Crippen molar-refractivity contribution in [2.45, 2.75) is 6.35 Å². The molecule has 0 saturated heterocycles. The molecule has 42 valence electrons. The molecule has 0 saturated carbocycles. The molecule has 3 rings (SSSR count). The van der Waals surface area contributed by atoms with Gasteiger partial charge in [-0.25, -0.2) is 0 Å². The van der Waals surface area contributed by atoms with Gasteiger partial charge < -0.3 is 4.74 Å². The minimum Gasteiger partial charge on any atom is -0.418 e. The highest BCUT2D eigenvalue weighted by molar-refractivity contribution is 6.66. The zero-order valence-electron chi connectivity index (χ0n) is 3.76. The van der Waals surface area contributed by atoms with Crippen LogP contribution in [-0.4, -0.2) is 17.7 Å². The first-order chi connectivity index (χ1) is 3.84. The van der Waals surface area contributed by atoms with E-state index in [2.05, 4.69) is 15.3 Å². The lowest BCUT2D eigenvalue weighted by molar-refractivity contribution is 0.138. The minimum atomic E-state index is -0.362. The fourth-order valence-electron chi connectivity index (χ4n) is 0.542. The third-order valence-corrected chi connectivity index (χ3v) is 1.07. The number of ether oxygens (including phenoxy) is 1. The van der Waals surface area contributed by atoms with Gasteiger partial charge in [-0.15, -0.1) is 0 Å². The molecule has 4 nitrogen and oxygen atoms in total. The van der Waals surface area contributed by atoms with Crippen molar-refractivity contribution in [3.63, 3.8) is 0 Å². The highest BCUT2D eigenvalue weighted by atomic mass is 35.5. The summed E-state index contributed by atoms with van der Waals surface area (Å²) in [5.74, 6) is 0. The van der Waals surface area contributed by atoms with E-state index in [1.54, 1.807) is 0 Å². The van der Waals surface area contributed by atoms with Crippen LogP contribution in [0.2, 0.25) is 0 Å². The van der Waals surface area contributed by atoms with Gasteiger partial charge in [0.25, 0.3) is 12.4 Å². The van der Waals surface area contributed by atoms with Crippen LogP contribution in [0.5, 0.6) is 0 Å². The topological polar surface area (TPSA) is 46.0 Å². The van der Waals surface area contributed by atoms with Crippen molar-refractivity contribution >= 4 is 22.9 Å². The third kappa shape index (κ3) is 0.403. The Morgan fingerprint density at radius 2 is 2.38 bits per heavy atom. The van der Waals surface area contributed by atoms with E-state index in [9.17, 15) is 0 Å². The molecule has 0 spiro atoms. The van der Waals surface area contributed by atoms with Crippen LogP contribution >= 0.6 is 11.6 Å². The number of aliphatic imine (C=N–C) groups is 2. The van der Waals surface area contributed by atoms with Crippen molar-refractivity contribution in [3.05, 3.63) is 0 Å². The zero-order valence-corrected chi connectivity index (χ0v) is 4.51. The molecule has 0 aromatic carbocycles. The van der Waals surface area contributed by atoms with Gasteiger partial charge in [-0.1, -0.05) is 0 Å². The molecule has 1 N–H and O–H groups in total. The molecule has 8 heavy (non-hydrogen) atoms. The maximum absolute atomic E-state index is 5.42. The fourth-order valence-corrected chi connectivity index (χ4v) is 0.707. The van der Waals surface area contributed by atoms with Crippen LogP contribution < -0.4 is 5.32 Å². The number of amidine groups is 2. The second kappa shape index (κ2) is 1.14. The predicted octanol–water partition coefficient (Wildman–Crippen LogP) is -0.146. The molecule has 3 aliphatic rings. The summed E-state index contributed by atoms with van der Waals surface area (Å²) in [6, 6.07) is 0.468. The summed E-state index contributed by atoms with van der Waals surface area (Å²) in [4.78, 5) is 7.50. The molecular weight excluding hydrogens is 130 g/mol. The number of nitrogens with zero attached hydrogens (tertiary/aromatic N) is 2. The van der Waals surface area contributed by atoms with Crippen LogP contribution in [0.25, 0.3) is 0 Å². The van der Waals surface area contributed by atoms with Gasteiger partial charge in [-0.05, 0) is 11.6 Å². The molecule has 0 radical (unpaired) electrons. The molecule has 0 aromatic heterocycles. The van der Waals surface area contributed by atoms with Crippen LogP contribution in [-0.2, 0) is 4.74 Å². The van der Waals surface area contributed by atoms with Crippen molar-refractivity contribution in [2.24, 2.45) is 9.98 Å². The second-order valence-electron chi connectivity index (χ2n) is 1.42. The van der Waals surface area contributed by atoms with Gasteiger partial charge in [0.1, 0.15) is 0 Å². The summed E-state index contributed by atoms with van der Waals surface area (Å²) in [6.07, 6.45) is -0.362. The first-order valence-corrected chi connectivity index (χ1v) is 2.47. The lowest BCUT2D eigenvalue weighted by Crippen LogP contribution is -2.45. The Bertz CT molecular complexity index is 187. The molecule has 3 heterocycles. The van der Waals surface area contributed by atoms with Crippen LogP contribution in [0.15, 0.2) is 9.98 Å². The number of nitrogens with one attached hydrogen (secondary N) is 1. The standard InChI is InChI=1S/C3H2ClN3O/c4-1-5-2-7-3(6-1)8-2/h2H,(H,5,6,7). The maximum atomic E-state index is 5.42. The SMILES string of the molecule is ClC1=NC2N=C(N1)O2. The third-order valence-electron chi connectivity index (χ3n) is 0.879. The molecule has 0 fully saturated rings. The van der Waals surface area contributed by atoms with Gasteiger partial charge in [-0.3, -0.25) is 5.32 Å². The predicted molar refractivity (Wildman–Crippen MR) is 28.7 cm³/mol. The van der Waals surface area contributed by atoms with E-state index in [0.717, 1.165) is 0 Å². The largest absolute Gasteiger partial charge is 0.418 e. The van der Waals surface area contributed by atoms with Gasteiger partial charge in [0.05, 0.1) is 0 Å². The number of rotatable bonds is 0. The molecule has 1 unspecified atom stereocenters. The van der Waals surface area contributed by atoms with Gasteiger partial charge in [0.2, 0.25) is 5.29 Å². The van der Waals surface area contributed by atoms with E-state index in [0.29, 0.717) is 11.3 Å². The van der Waals surface area contributed by atoms with Gasteiger partial charge >= 0.3 is 0 Å². The van der Waals surface area contributed by atoms with Crippen molar-refractivity contribution in [1.29, 1.82) is 0 Å². The Kier molecular flexibility index (Phi) is 0.590. The van der Waals surface area contributed by atoms with Crippen LogP contribution in [0, 0.1) is 0 Å². The number of hydrogen-bond donors (Lipinski definition) is 1. The summed E-state index contributed by atoms with van der Waals surface area (Å²) in [5.41, 5.74) is 0. The molecule has 2 bridgehead atoms. The fraction of sp³-hybridized carbons (Fsp3) is 0.333. The first kappa shape index (κ1) is 4.14. The summed E-state index contributed by atoms with van der Waals surface area (Å²) in [7, 11) is 0. The highest BCUT2D eigenvalue weighted by Crippen LogP contribution is 2.13. The van der Waals surface area contributed by atoms with Crippen molar-refractivity contribution in [3.8, 4) is 0 Å². The van der Waals surface area contributed by atoms with E-state index < -0.39 is 0 Å². The Hall–Kier alpha value is -0.770. The molecular formula is C3H2ClN3O. The van der Waals surface area contributed by atoms with E-state index >= 15 is 0 Å². The summed E-state index contributed by atoms with van der Waals surface area (Å²) < 4.78 is 4.81. The number of halogens is 1. The number of fused-ring (bicyclic) bond motifs is 1. The van der Waals surface area contributed by atoms with Crippen LogP contribution in [0.1, 0.15) is 0 Å². The lowest BCUT2D eigenvalue weighted by Gasteiger charge is -2.26. The minimum absolute atomic E-state index is 0.353. The van der Waals surface area contributed by atoms with Gasteiger partial charge in [0.15, 0.2) is 0 Å². The Morgan fingerprint density at radius 3 is 2.62 bits per heavy atom. The Balaban J connectivity index is 2.29. The molecule has 3 aliphatic heterocycles. The lowest BCUT2D eigenvalue weighted by atomic mass is 10.7. The second-order valence-corrected chi connectivity index (χ2v) is 1.78. The Labute approximate surface area is 50.2 Å². The van der Waals surface area contributed by atoms with E-state index in [-0.39, 0.29) is 6.35 Å².